The molecule has 10 heteroatoms. The molecule has 32 heavy (non-hydrogen) atoms. The van der Waals surface area contributed by atoms with Gasteiger partial charge in [-0.15, -0.1) is 5.10 Å². The molecule has 2 aliphatic heterocycles. The summed E-state index contributed by atoms with van der Waals surface area (Å²) in [5, 5.41) is 15.4. The SMILES string of the molecule is CCOc1ccc([C@H](c2sc3nc(C)nn3c2O)N2CCC3(CC2)OCCO3)cc1OC. The van der Waals surface area contributed by atoms with Gasteiger partial charge in [0.2, 0.25) is 10.8 Å². The monoisotopic (exact) mass is 460 g/mol. The summed E-state index contributed by atoms with van der Waals surface area (Å²) in [6.45, 7) is 7.15. The van der Waals surface area contributed by atoms with Gasteiger partial charge >= 0.3 is 0 Å². The van der Waals surface area contributed by atoms with Crippen molar-refractivity contribution in [1.29, 1.82) is 0 Å². The van der Waals surface area contributed by atoms with Crippen LogP contribution in [0.1, 0.15) is 42.1 Å². The number of nitrogens with zero attached hydrogens (tertiary/aromatic N) is 4. The number of benzene rings is 1. The van der Waals surface area contributed by atoms with Gasteiger partial charge in [-0.1, -0.05) is 17.4 Å². The van der Waals surface area contributed by atoms with Crippen LogP contribution in [0.25, 0.3) is 4.96 Å². The van der Waals surface area contributed by atoms with Crippen molar-refractivity contribution in [3.05, 3.63) is 34.5 Å². The fraction of sp³-hybridized carbons (Fsp3) is 0.545. The minimum atomic E-state index is -0.470. The van der Waals surface area contributed by atoms with Crippen LogP contribution >= 0.6 is 11.3 Å². The fourth-order valence-electron chi connectivity index (χ4n) is 4.59. The Balaban J connectivity index is 1.54. The topological polar surface area (TPSA) is 90.6 Å². The maximum atomic E-state index is 11.1. The van der Waals surface area contributed by atoms with Crippen LogP contribution in [0.4, 0.5) is 0 Å². The summed E-state index contributed by atoms with van der Waals surface area (Å²) in [6, 6.07) is 5.76. The maximum Gasteiger partial charge on any atom is 0.230 e. The van der Waals surface area contributed by atoms with Crippen LogP contribution in [0, 0.1) is 6.92 Å². The van der Waals surface area contributed by atoms with Gasteiger partial charge in [0, 0.05) is 25.9 Å². The van der Waals surface area contributed by atoms with Gasteiger partial charge in [-0.2, -0.15) is 4.52 Å². The number of aromatic nitrogens is 3. The van der Waals surface area contributed by atoms with Gasteiger partial charge in [0.1, 0.15) is 5.82 Å². The van der Waals surface area contributed by atoms with Crippen molar-refractivity contribution in [2.75, 3.05) is 40.0 Å². The van der Waals surface area contributed by atoms with Gasteiger partial charge in [0.15, 0.2) is 17.3 Å². The van der Waals surface area contributed by atoms with Crippen LogP contribution in [0.5, 0.6) is 17.4 Å². The molecule has 2 fully saturated rings. The molecule has 0 amide bonds. The third-order valence-electron chi connectivity index (χ3n) is 6.10. The van der Waals surface area contributed by atoms with Crippen LogP contribution in [0.2, 0.25) is 0 Å². The number of aromatic hydroxyl groups is 1. The summed E-state index contributed by atoms with van der Waals surface area (Å²) in [7, 11) is 1.64. The van der Waals surface area contributed by atoms with Crippen LogP contribution in [-0.4, -0.2) is 70.4 Å². The van der Waals surface area contributed by atoms with Crippen molar-refractivity contribution in [2.45, 2.75) is 38.5 Å². The second kappa shape index (κ2) is 8.51. The van der Waals surface area contributed by atoms with Crippen LogP contribution in [0.15, 0.2) is 18.2 Å². The summed E-state index contributed by atoms with van der Waals surface area (Å²) >= 11 is 1.46. The Kier molecular flexibility index (Phi) is 5.70. The van der Waals surface area contributed by atoms with E-state index < -0.39 is 5.79 Å². The largest absolute Gasteiger partial charge is 0.493 e. The molecule has 0 saturated carbocycles. The molecule has 1 atom stereocenters. The molecule has 2 saturated heterocycles. The first-order valence-corrected chi connectivity index (χ1v) is 11.7. The molecule has 9 nitrogen and oxygen atoms in total. The second-order valence-electron chi connectivity index (χ2n) is 8.03. The number of hydrogen-bond donors (Lipinski definition) is 1. The molecule has 0 aliphatic carbocycles. The van der Waals surface area contributed by atoms with Crippen molar-refractivity contribution in [3.63, 3.8) is 0 Å². The minimum absolute atomic E-state index is 0.122. The average molecular weight is 461 g/mol. The number of piperidine rings is 1. The van der Waals surface area contributed by atoms with Crippen molar-refractivity contribution in [3.8, 4) is 17.4 Å². The molecule has 5 rings (SSSR count). The van der Waals surface area contributed by atoms with E-state index >= 15 is 0 Å². The summed E-state index contributed by atoms with van der Waals surface area (Å²) in [5.41, 5.74) is 1.01. The number of methoxy groups -OCH3 is 1. The van der Waals surface area contributed by atoms with Crippen molar-refractivity contribution >= 4 is 16.3 Å². The van der Waals surface area contributed by atoms with E-state index in [0.717, 1.165) is 36.4 Å². The van der Waals surface area contributed by atoms with E-state index in [2.05, 4.69) is 15.0 Å². The zero-order valence-electron chi connectivity index (χ0n) is 18.5. The molecule has 3 aromatic rings. The lowest BCUT2D eigenvalue weighted by atomic mass is 9.97. The quantitative estimate of drug-likeness (QED) is 0.600. The van der Waals surface area contributed by atoms with E-state index in [0.29, 0.717) is 42.1 Å². The lowest BCUT2D eigenvalue weighted by Gasteiger charge is -2.41. The molecule has 1 spiro atoms. The number of aryl methyl sites for hydroxylation is 1. The summed E-state index contributed by atoms with van der Waals surface area (Å²) in [4.78, 5) is 8.28. The van der Waals surface area contributed by atoms with Crippen LogP contribution < -0.4 is 9.47 Å². The number of hydrogen-bond acceptors (Lipinski definition) is 9. The molecule has 4 heterocycles. The van der Waals surface area contributed by atoms with Crippen molar-refractivity contribution in [1.82, 2.24) is 19.5 Å². The van der Waals surface area contributed by atoms with E-state index in [-0.39, 0.29) is 11.9 Å². The zero-order chi connectivity index (χ0) is 22.3. The second-order valence-corrected chi connectivity index (χ2v) is 9.04. The number of fused-ring (bicyclic) bond motifs is 1. The first-order valence-electron chi connectivity index (χ1n) is 10.9. The van der Waals surface area contributed by atoms with Crippen molar-refractivity contribution in [2.24, 2.45) is 0 Å². The summed E-state index contributed by atoms with van der Waals surface area (Å²) < 4.78 is 24.7. The fourth-order valence-corrected chi connectivity index (χ4v) is 5.75. The highest BCUT2D eigenvalue weighted by Crippen LogP contribution is 2.44. The molecular formula is C22H28N4O5S. The summed E-state index contributed by atoms with van der Waals surface area (Å²) in [5.74, 6) is 1.65. The summed E-state index contributed by atoms with van der Waals surface area (Å²) in [6.07, 6.45) is 1.55. The molecule has 1 aromatic carbocycles. The molecule has 0 bridgehead atoms. The van der Waals surface area contributed by atoms with Crippen LogP contribution in [-0.2, 0) is 9.47 Å². The normalized spacial score (nSPS) is 19.6. The maximum absolute atomic E-state index is 11.1. The smallest absolute Gasteiger partial charge is 0.230 e. The third kappa shape index (κ3) is 3.71. The first kappa shape index (κ1) is 21.4. The van der Waals surface area contributed by atoms with E-state index in [9.17, 15) is 5.11 Å². The number of rotatable bonds is 6. The van der Waals surface area contributed by atoms with E-state index in [1.54, 1.807) is 7.11 Å². The van der Waals surface area contributed by atoms with Gasteiger partial charge in [-0.05, 0) is 31.5 Å². The highest BCUT2D eigenvalue weighted by molar-refractivity contribution is 7.17. The van der Waals surface area contributed by atoms with Crippen LogP contribution in [0.3, 0.4) is 0 Å². The van der Waals surface area contributed by atoms with Crippen molar-refractivity contribution < 1.29 is 24.1 Å². The van der Waals surface area contributed by atoms with E-state index in [1.807, 2.05) is 32.0 Å². The Labute approximate surface area is 190 Å². The van der Waals surface area contributed by atoms with Gasteiger partial charge < -0.3 is 24.1 Å². The minimum Gasteiger partial charge on any atom is -0.493 e. The number of thiazole rings is 1. The molecule has 172 valence electrons. The Hall–Kier alpha value is -2.40. The molecule has 2 aromatic heterocycles. The molecular weight excluding hydrogens is 432 g/mol. The van der Waals surface area contributed by atoms with Gasteiger partial charge in [-0.25, -0.2) is 4.98 Å². The molecule has 0 unspecified atom stereocenters. The Morgan fingerprint density at radius 1 is 1.22 bits per heavy atom. The molecule has 2 aliphatic rings. The van der Waals surface area contributed by atoms with Gasteiger partial charge in [0.05, 0.1) is 37.8 Å². The zero-order valence-corrected chi connectivity index (χ0v) is 19.4. The predicted molar refractivity (Wildman–Crippen MR) is 119 cm³/mol. The highest BCUT2D eigenvalue weighted by atomic mass is 32.1. The Morgan fingerprint density at radius 2 is 1.97 bits per heavy atom. The van der Waals surface area contributed by atoms with Gasteiger partial charge in [0.25, 0.3) is 0 Å². The predicted octanol–water partition coefficient (Wildman–Crippen LogP) is 3.14. The molecule has 1 N–H and O–H groups in total. The lowest BCUT2D eigenvalue weighted by Crippen LogP contribution is -2.46. The Bertz CT molecular complexity index is 1100. The number of likely N-dealkylation sites (tertiary alicyclic amines) is 1. The van der Waals surface area contributed by atoms with E-state index in [1.165, 1.54) is 15.9 Å². The number of ether oxygens (including phenoxy) is 4. The third-order valence-corrected chi connectivity index (χ3v) is 7.17. The molecule has 0 radical (unpaired) electrons. The average Bonchev–Trinajstić information content (AvgIpc) is 3.48. The first-order chi connectivity index (χ1) is 15.5. The van der Waals surface area contributed by atoms with E-state index in [4.69, 9.17) is 18.9 Å². The Morgan fingerprint density at radius 3 is 2.62 bits per heavy atom. The standard InChI is InChI=1S/C22H28N4O5S/c1-4-29-16-6-5-15(13-17(16)28-3)18(19-20(27)26-21(32-19)23-14(2)24-26)25-9-7-22(8-10-25)30-11-12-31-22/h5-6,13,18,27H,4,7-12H2,1-3H3/t18-/m1/s1. The highest BCUT2D eigenvalue weighted by Gasteiger charge is 2.42. The lowest BCUT2D eigenvalue weighted by molar-refractivity contribution is -0.187. The van der Waals surface area contributed by atoms with Gasteiger partial charge in [-0.3, -0.25) is 4.90 Å².